The summed E-state index contributed by atoms with van der Waals surface area (Å²) in [6, 6.07) is 3.93. The molecule has 1 aliphatic heterocycles. The molecule has 17 heavy (non-hydrogen) atoms. The largest absolute Gasteiger partial charge is 0.333 e. The molecule has 2 heterocycles. The van der Waals surface area contributed by atoms with Crippen LogP contribution < -0.4 is 0 Å². The number of nitrogens with zero attached hydrogens (tertiary/aromatic N) is 2. The molecule has 1 saturated heterocycles. The summed E-state index contributed by atoms with van der Waals surface area (Å²) < 4.78 is 0. The van der Waals surface area contributed by atoms with E-state index in [-0.39, 0.29) is 11.9 Å². The molecule has 3 nitrogen and oxygen atoms in total. The Labute approximate surface area is 107 Å². The number of carbonyl (C=O) groups excluding carboxylic acids is 1. The fraction of sp³-hybridized carbons (Fsp3) is 0.538. The molecule has 1 aromatic heterocycles. The maximum atomic E-state index is 12.4. The highest BCUT2D eigenvalue weighted by Crippen LogP contribution is 2.20. The first-order valence-electron chi connectivity index (χ1n) is 6.02. The van der Waals surface area contributed by atoms with Crippen LogP contribution in [0.15, 0.2) is 18.3 Å². The SMILES string of the molecule is Cc1cccnc1C(=O)N1CCCCC1CCl. The van der Waals surface area contributed by atoms with Crippen LogP contribution in [0.25, 0.3) is 0 Å². The number of carbonyl (C=O) groups is 1. The highest BCUT2D eigenvalue weighted by atomic mass is 35.5. The molecule has 1 amide bonds. The van der Waals surface area contributed by atoms with Crippen LogP contribution in [0, 0.1) is 6.92 Å². The highest BCUT2D eigenvalue weighted by molar-refractivity contribution is 6.18. The van der Waals surface area contributed by atoms with Gasteiger partial charge in [0, 0.05) is 24.7 Å². The molecule has 92 valence electrons. The molecule has 4 heteroatoms. The number of amides is 1. The molecular weight excluding hydrogens is 236 g/mol. The summed E-state index contributed by atoms with van der Waals surface area (Å²) >= 11 is 5.93. The molecule has 1 fully saturated rings. The summed E-state index contributed by atoms with van der Waals surface area (Å²) in [4.78, 5) is 18.5. The Kier molecular flexibility index (Phi) is 4.00. The second kappa shape index (κ2) is 5.50. The number of hydrogen-bond acceptors (Lipinski definition) is 2. The summed E-state index contributed by atoms with van der Waals surface area (Å²) in [6.45, 7) is 2.71. The lowest BCUT2D eigenvalue weighted by Crippen LogP contribution is -2.45. The van der Waals surface area contributed by atoms with Crippen molar-refractivity contribution in [2.75, 3.05) is 12.4 Å². The van der Waals surface area contributed by atoms with Crippen LogP contribution in [-0.2, 0) is 0 Å². The maximum absolute atomic E-state index is 12.4. The van der Waals surface area contributed by atoms with Gasteiger partial charge >= 0.3 is 0 Å². The highest BCUT2D eigenvalue weighted by Gasteiger charge is 2.28. The summed E-state index contributed by atoms with van der Waals surface area (Å²) in [7, 11) is 0. The minimum absolute atomic E-state index is 0.0217. The Morgan fingerprint density at radius 1 is 1.59 bits per heavy atom. The van der Waals surface area contributed by atoms with E-state index in [1.165, 1.54) is 0 Å². The normalized spacial score (nSPS) is 20.4. The second-order valence-electron chi connectivity index (χ2n) is 4.47. The zero-order chi connectivity index (χ0) is 12.3. The molecule has 0 bridgehead atoms. The molecule has 0 radical (unpaired) electrons. The Morgan fingerprint density at radius 2 is 2.41 bits per heavy atom. The van der Waals surface area contributed by atoms with Gasteiger partial charge in [-0.2, -0.15) is 0 Å². The van der Waals surface area contributed by atoms with E-state index in [9.17, 15) is 4.79 Å². The van der Waals surface area contributed by atoms with Gasteiger partial charge < -0.3 is 4.90 Å². The van der Waals surface area contributed by atoms with Crippen LogP contribution in [0.2, 0.25) is 0 Å². The van der Waals surface area contributed by atoms with Gasteiger partial charge in [-0.25, -0.2) is 0 Å². The summed E-state index contributed by atoms with van der Waals surface area (Å²) in [6.07, 6.45) is 4.88. The zero-order valence-electron chi connectivity index (χ0n) is 10.0. The van der Waals surface area contributed by atoms with Crippen LogP contribution in [0.5, 0.6) is 0 Å². The third-order valence-corrected chi connectivity index (χ3v) is 3.63. The van der Waals surface area contributed by atoms with Crippen molar-refractivity contribution in [1.82, 2.24) is 9.88 Å². The number of pyridine rings is 1. The van der Waals surface area contributed by atoms with Gasteiger partial charge in [0.25, 0.3) is 5.91 Å². The molecule has 1 aromatic rings. The van der Waals surface area contributed by atoms with E-state index >= 15 is 0 Å². The second-order valence-corrected chi connectivity index (χ2v) is 4.78. The lowest BCUT2D eigenvalue weighted by molar-refractivity contribution is 0.0632. The van der Waals surface area contributed by atoms with Crippen molar-refractivity contribution in [2.45, 2.75) is 32.2 Å². The molecular formula is C13H17ClN2O. The van der Waals surface area contributed by atoms with E-state index in [0.717, 1.165) is 31.4 Å². The Hall–Kier alpha value is -1.09. The molecule has 1 unspecified atom stereocenters. The molecule has 0 aromatic carbocycles. The van der Waals surface area contributed by atoms with Crippen molar-refractivity contribution < 1.29 is 4.79 Å². The van der Waals surface area contributed by atoms with E-state index in [2.05, 4.69) is 4.98 Å². The van der Waals surface area contributed by atoms with Gasteiger partial charge in [0.05, 0.1) is 0 Å². The van der Waals surface area contributed by atoms with Crippen LogP contribution in [0.3, 0.4) is 0 Å². The third kappa shape index (κ3) is 2.60. The lowest BCUT2D eigenvalue weighted by atomic mass is 10.0. The number of aryl methyl sites for hydroxylation is 1. The van der Waals surface area contributed by atoms with Crippen LogP contribution in [0.1, 0.15) is 35.3 Å². The average Bonchev–Trinajstić information content (AvgIpc) is 2.38. The van der Waals surface area contributed by atoms with Crippen LogP contribution >= 0.6 is 11.6 Å². The monoisotopic (exact) mass is 252 g/mol. The van der Waals surface area contributed by atoms with E-state index < -0.39 is 0 Å². The summed E-state index contributed by atoms with van der Waals surface area (Å²) in [5.41, 5.74) is 1.49. The van der Waals surface area contributed by atoms with Crippen molar-refractivity contribution in [3.05, 3.63) is 29.6 Å². The van der Waals surface area contributed by atoms with Gasteiger partial charge in [-0.05, 0) is 37.8 Å². The first kappa shape index (κ1) is 12.4. The summed E-state index contributed by atoms with van der Waals surface area (Å²) in [5, 5.41) is 0. The van der Waals surface area contributed by atoms with E-state index in [0.29, 0.717) is 11.6 Å². The number of hydrogen-bond donors (Lipinski definition) is 0. The molecule has 1 aliphatic rings. The van der Waals surface area contributed by atoms with Crippen molar-refractivity contribution >= 4 is 17.5 Å². The smallest absolute Gasteiger partial charge is 0.273 e. The molecule has 0 aliphatic carbocycles. The fourth-order valence-electron chi connectivity index (χ4n) is 2.27. The minimum Gasteiger partial charge on any atom is -0.333 e. The molecule has 0 spiro atoms. The van der Waals surface area contributed by atoms with Gasteiger partial charge in [-0.1, -0.05) is 6.07 Å². The number of halogens is 1. The Bertz CT molecular complexity index is 408. The number of alkyl halides is 1. The van der Waals surface area contributed by atoms with Crippen molar-refractivity contribution in [3.8, 4) is 0 Å². The topological polar surface area (TPSA) is 33.2 Å². The number of piperidine rings is 1. The Balaban J connectivity index is 2.21. The van der Waals surface area contributed by atoms with Gasteiger partial charge in [0.1, 0.15) is 5.69 Å². The van der Waals surface area contributed by atoms with E-state index in [1.807, 2.05) is 24.0 Å². The molecule has 2 rings (SSSR count). The van der Waals surface area contributed by atoms with E-state index in [1.54, 1.807) is 6.20 Å². The number of likely N-dealkylation sites (tertiary alicyclic amines) is 1. The fourth-order valence-corrected chi connectivity index (χ4v) is 2.59. The van der Waals surface area contributed by atoms with Crippen LogP contribution in [-0.4, -0.2) is 34.3 Å². The van der Waals surface area contributed by atoms with Crippen molar-refractivity contribution in [3.63, 3.8) is 0 Å². The van der Waals surface area contributed by atoms with Gasteiger partial charge in [-0.3, -0.25) is 9.78 Å². The van der Waals surface area contributed by atoms with Gasteiger partial charge in [0.15, 0.2) is 0 Å². The quantitative estimate of drug-likeness (QED) is 0.758. The molecule has 0 N–H and O–H groups in total. The average molecular weight is 253 g/mol. The lowest BCUT2D eigenvalue weighted by Gasteiger charge is -2.34. The van der Waals surface area contributed by atoms with Gasteiger partial charge in [-0.15, -0.1) is 11.6 Å². The standard InChI is InChI=1S/C13H17ClN2O/c1-10-5-4-7-15-12(10)13(17)16-8-3-2-6-11(16)9-14/h4-5,7,11H,2-3,6,8-9H2,1H3. The molecule has 1 atom stereocenters. The first-order chi connectivity index (χ1) is 8.24. The number of aromatic nitrogens is 1. The first-order valence-corrected chi connectivity index (χ1v) is 6.56. The Morgan fingerprint density at radius 3 is 3.12 bits per heavy atom. The van der Waals surface area contributed by atoms with Crippen molar-refractivity contribution in [1.29, 1.82) is 0 Å². The van der Waals surface area contributed by atoms with Gasteiger partial charge in [0.2, 0.25) is 0 Å². The van der Waals surface area contributed by atoms with Crippen molar-refractivity contribution in [2.24, 2.45) is 0 Å². The minimum atomic E-state index is 0.0217. The maximum Gasteiger partial charge on any atom is 0.273 e. The summed E-state index contributed by atoms with van der Waals surface area (Å²) in [5.74, 6) is 0.533. The molecule has 0 saturated carbocycles. The number of rotatable bonds is 2. The predicted octanol–water partition coefficient (Wildman–Crippen LogP) is 2.62. The zero-order valence-corrected chi connectivity index (χ0v) is 10.8. The third-order valence-electron chi connectivity index (χ3n) is 3.28. The van der Waals surface area contributed by atoms with E-state index in [4.69, 9.17) is 11.6 Å². The van der Waals surface area contributed by atoms with Crippen LogP contribution in [0.4, 0.5) is 0 Å². The predicted molar refractivity (Wildman–Crippen MR) is 68.4 cm³/mol.